The van der Waals surface area contributed by atoms with E-state index in [1.54, 1.807) is 11.3 Å². The number of rotatable bonds is 4. The van der Waals surface area contributed by atoms with Gasteiger partial charge in [-0.1, -0.05) is 37.8 Å². The molecule has 1 N–H and O–H groups in total. The highest BCUT2D eigenvalue weighted by Crippen LogP contribution is 2.28. The van der Waals surface area contributed by atoms with Crippen molar-refractivity contribution < 1.29 is 1.43 Å². The van der Waals surface area contributed by atoms with Gasteiger partial charge in [-0.25, -0.2) is 4.98 Å². The summed E-state index contributed by atoms with van der Waals surface area (Å²) >= 11 is 1.68. The van der Waals surface area contributed by atoms with Crippen LogP contribution in [0.15, 0.2) is 30.5 Å². The van der Waals surface area contributed by atoms with Crippen LogP contribution in [0.25, 0.3) is 10.2 Å². The highest BCUT2D eigenvalue weighted by Gasteiger charge is 2.05. The number of nitrogens with zero attached hydrogens (tertiary/aromatic N) is 1. The minimum absolute atomic E-state index is 0. The fourth-order valence-corrected chi connectivity index (χ4v) is 2.81. The van der Waals surface area contributed by atoms with E-state index in [-0.39, 0.29) is 1.43 Å². The van der Waals surface area contributed by atoms with Crippen molar-refractivity contribution in [3.63, 3.8) is 0 Å². The quantitative estimate of drug-likeness (QED) is 0.849. The Hall–Kier alpha value is -1.35. The van der Waals surface area contributed by atoms with Crippen molar-refractivity contribution in [2.45, 2.75) is 27.2 Å². The Morgan fingerprint density at radius 1 is 1.53 bits per heavy atom. The van der Waals surface area contributed by atoms with Gasteiger partial charge in [0.2, 0.25) is 0 Å². The molecular weight excluding hydrogens is 228 g/mol. The van der Waals surface area contributed by atoms with Crippen molar-refractivity contribution in [2.24, 2.45) is 5.92 Å². The molecule has 0 atom stereocenters. The molecule has 17 heavy (non-hydrogen) atoms. The molecule has 3 heteroatoms. The minimum Gasteiger partial charge on any atom is -0.336 e. The van der Waals surface area contributed by atoms with Crippen molar-refractivity contribution in [1.82, 2.24) is 4.98 Å². The predicted molar refractivity (Wildman–Crippen MR) is 78.7 cm³/mol. The van der Waals surface area contributed by atoms with Crippen LogP contribution in [0, 0.1) is 5.92 Å². The summed E-state index contributed by atoms with van der Waals surface area (Å²) in [7, 11) is 0. The topological polar surface area (TPSA) is 24.9 Å². The Morgan fingerprint density at radius 3 is 2.94 bits per heavy atom. The number of aromatic nitrogens is 1. The zero-order chi connectivity index (χ0) is 12.4. The number of allylic oxidation sites excluding steroid dienone is 1. The van der Waals surface area contributed by atoms with Crippen LogP contribution in [0.5, 0.6) is 0 Å². The Bertz CT molecular complexity index is 546. The second-order valence-electron chi connectivity index (χ2n) is 4.82. The first-order valence-corrected chi connectivity index (χ1v) is 6.68. The Labute approximate surface area is 108 Å². The maximum atomic E-state index is 4.52. The number of benzene rings is 1. The van der Waals surface area contributed by atoms with Gasteiger partial charge in [-0.05, 0) is 37.0 Å². The smallest absolute Gasteiger partial charge is 0.188 e. The third-order valence-corrected chi connectivity index (χ3v) is 3.35. The zero-order valence-corrected chi connectivity index (χ0v) is 11.4. The second kappa shape index (κ2) is 4.88. The Morgan fingerprint density at radius 2 is 2.29 bits per heavy atom. The molecule has 2 nitrogen and oxygen atoms in total. The van der Waals surface area contributed by atoms with Crippen molar-refractivity contribution in [2.75, 3.05) is 5.32 Å². The average molecular weight is 248 g/mol. The number of hydrogen-bond donors (Lipinski definition) is 1. The number of anilines is 1. The van der Waals surface area contributed by atoms with Gasteiger partial charge in [0, 0.05) is 7.12 Å². The van der Waals surface area contributed by atoms with Crippen LogP contribution in [0.1, 0.15) is 27.8 Å². The fraction of sp³-hybridized carbons (Fsp3) is 0.357. The average Bonchev–Trinajstić information content (AvgIpc) is 2.56. The largest absolute Gasteiger partial charge is 0.336 e. The van der Waals surface area contributed by atoms with E-state index >= 15 is 0 Å². The van der Waals surface area contributed by atoms with E-state index in [0.29, 0.717) is 5.92 Å². The molecule has 0 saturated heterocycles. The molecule has 0 aliphatic carbocycles. The van der Waals surface area contributed by atoms with E-state index < -0.39 is 0 Å². The molecule has 1 aromatic carbocycles. The zero-order valence-electron chi connectivity index (χ0n) is 10.6. The van der Waals surface area contributed by atoms with Crippen LogP contribution < -0.4 is 5.32 Å². The van der Waals surface area contributed by atoms with Gasteiger partial charge in [0.1, 0.15) is 0 Å². The van der Waals surface area contributed by atoms with Gasteiger partial charge in [0.25, 0.3) is 0 Å². The van der Waals surface area contributed by atoms with Crippen LogP contribution in [0.2, 0.25) is 0 Å². The molecule has 2 rings (SSSR count). The summed E-state index contributed by atoms with van der Waals surface area (Å²) in [4.78, 5) is 4.52. The van der Waals surface area contributed by atoms with Crippen molar-refractivity contribution >= 4 is 26.7 Å². The Balaban J connectivity index is 0.00000162. The standard InChI is InChI=1S/C14H18N2S.H2/c1-9(2)7-11-5-6-12-13(8-11)17-14(16-12)15-10(3)4;/h5-6,8-9H,3,7H2,1-2,4H3,(H,15,16);1H. The van der Waals surface area contributed by atoms with Crippen LogP contribution in [-0.4, -0.2) is 4.98 Å². The highest BCUT2D eigenvalue weighted by molar-refractivity contribution is 7.22. The molecule has 0 bridgehead atoms. The van der Waals surface area contributed by atoms with E-state index in [0.717, 1.165) is 22.8 Å². The summed E-state index contributed by atoms with van der Waals surface area (Å²) in [6.07, 6.45) is 1.12. The third kappa shape index (κ3) is 3.07. The highest BCUT2D eigenvalue weighted by atomic mass is 32.1. The Kier molecular flexibility index (Phi) is 3.48. The monoisotopic (exact) mass is 248 g/mol. The summed E-state index contributed by atoms with van der Waals surface area (Å²) in [5.74, 6) is 0.688. The van der Waals surface area contributed by atoms with Crippen molar-refractivity contribution in [1.29, 1.82) is 0 Å². The summed E-state index contributed by atoms with van der Waals surface area (Å²) in [5, 5.41) is 4.09. The van der Waals surface area contributed by atoms with E-state index in [1.807, 2.05) is 6.92 Å². The van der Waals surface area contributed by atoms with Gasteiger partial charge in [0.05, 0.1) is 10.2 Å². The molecular formula is C14H20N2S. The number of nitrogens with one attached hydrogen (secondary N) is 1. The van der Waals surface area contributed by atoms with Crippen molar-refractivity contribution in [3.05, 3.63) is 36.0 Å². The van der Waals surface area contributed by atoms with E-state index in [4.69, 9.17) is 0 Å². The van der Waals surface area contributed by atoms with Gasteiger partial charge in [0.15, 0.2) is 5.13 Å². The fourth-order valence-electron chi connectivity index (χ4n) is 1.80. The van der Waals surface area contributed by atoms with E-state index in [9.17, 15) is 0 Å². The molecule has 1 heterocycles. The lowest BCUT2D eigenvalue weighted by atomic mass is 10.0. The molecule has 0 fully saturated rings. The molecule has 1 aromatic heterocycles. The molecule has 0 aliphatic rings. The van der Waals surface area contributed by atoms with E-state index in [1.165, 1.54) is 10.3 Å². The molecule has 0 unspecified atom stereocenters. The predicted octanol–water partition coefficient (Wildman–Crippen LogP) is 4.69. The summed E-state index contributed by atoms with van der Waals surface area (Å²) in [6, 6.07) is 6.52. The van der Waals surface area contributed by atoms with Crippen LogP contribution >= 0.6 is 11.3 Å². The first kappa shape index (κ1) is 12.1. The first-order valence-electron chi connectivity index (χ1n) is 5.86. The molecule has 2 aromatic rings. The minimum atomic E-state index is 0. The number of fused-ring (bicyclic) bond motifs is 1. The summed E-state index contributed by atoms with van der Waals surface area (Å²) in [5.41, 5.74) is 3.37. The van der Waals surface area contributed by atoms with Gasteiger partial charge in [-0.15, -0.1) is 0 Å². The SMILES string of the molecule is C=C(C)Nc1nc2ccc(CC(C)C)cc2s1.[HH]. The maximum absolute atomic E-state index is 4.52. The molecule has 0 aliphatic heterocycles. The van der Waals surface area contributed by atoms with E-state index in [2.05, 4.69) is 48.9 Å². The third-order valence-electron chi connectivity index (χ3n) is 2.42. The van der Waals surface area contributed by atoms with Gasteiger partial charge < -0.3 is 5.32 Å². The van der Waals surface area contributed by atoms with Gasteiger partial charge in [-0.3, -0.25) is 0 Å². The number of thiazole rings is 1. The van der Waals surface area contributed by atoms with Crippen molar-refractivity contribution in [3.8, 4) is 0 Å². The molecule has 0 amide bonds. The van der Waals surface area contributed by atoms with Gasteiger partial charge in [-0.2, -0.15) is 0 Å². The lowest BCUT2D eigenvalue weighted by Gasteiger charge is -2.03. The van der Waals surface area contributed by atoms with Gasteiger partial charge >= 0.3 is 0 Å². The maximum Gasteiger partial charge on any atom is 0.188 e. The molecule has 0 spiro atoms. The lowest BCUT2D eigenvalue weighted by molar-refractivity contribution is 0.648. The van der Waals surface area contributed by atoms with Crippen LogP contribution in [0.3, 0.4) is 0 Å². The normalized spacial score (nSPS) is 11.1. The number of hydrogen-bond acceptors (Lipinski definition) is 3. The second-order valence-corrected chi connectivity index (χ2v) is 5.86. The molecule has 0 radical (unpaired) electrons. The lowest BCUT2D eigenvalue weighted by Crippen LogP contribution is -1.93. The molecule has 92 valence electrons. The summed E-state index contributed by atoms with van der Waals surface area (Å²) in [6.45, 7) is 10.3. The van der Waals surface area contributed by atoms with Crippen LogP contribution in [0.4, 0.5) is 5.13 Å². The van der Waals surface area contributed by atoms with Crippen LogP contribution in [-0.2, 0) is 6.42 Å². The first-order chi connectivity index (χ1) is 8.04. The molecule has 0 saturated carbocycles. The summed E-state index contributed by atoms with van der Waals surface area (Å²) < 4.78 is 1.24.